The van der Waals surface area contributed by atoms with Gasteiger partial charge in [-0.1, -0.05) is 41.6 Å². The van der Waals surface area contributed by atoms with Crippen molar-refractivity contribution in [3.63, 3.8) is 0 Å². The largest absolute Gasteiger partial charge is 0.497 e. The summed E-state index contributed by atoms with van der Waals surface area (Å²) in [5.74, 6) is 1.89. The van der Waals surface area contributed by atoms with Gasteiger partial charge in [0.1, 0.15) is 11.5 Å². The van der Waals surface area contributed by atoms with Gasteiger partial charge in [0, 0.05) is 10.9 Å². The monoisotopic (exact) mass is 403 g/mol. The van der Waals surface area contributed by atoms with E-state index in [2.05, 4.69) is 15.5 Å². The summed E-state index contributed by atoms with van der Waals surface area (Å²) in [5, 5.41) is 8.74. The van der Waals surface area contributed by atoms with Crippen molar-refractivity contribution in [3.05, 3.63) is 72.6 Å². The summed E-state index contributed by atoms with van der Waals surface area (Å²) < 4.78 is 16.3. The normalized spacial score (nSPS) is 11.8. The van der Waals surface area contributed by atoms with E-state index in [0.29, 0.717) is 17.5 Å². The fourth-order valence-corrected chi connectivity index (χ4v) is 3.03. The van der Waals surface area contributed by atoms with Crippen molar-refractivity contribution in [2.75, 3.05) is 7.11 Å². The number of nitrogens with one attached hydrogen (secondary N) is 1. The Labute approximate surface area is 173 Å². The van der Waals surface area contributed by atoms with Gasteiger partial charge >= 0.3 is 0 Å². The Kier molecular flexibility index (Phi) is 5.61. The number of amides is 1. The van der Waals surface area contributed by atoms with Crippen LogP contribution in [0.2, 0.25) is 0 Å². The molecule has 0 aliphatic rings. The van der Waals surface area contributed by atoms with Gasteiger partial charge in [-0.2, -0.15) is 4.98 Å². The van der Waals surface area contributed by atoms with Crippen LogP contribution in [0.15, 0.2) is 71.3 Å². The van der Waals surface area contributed by atoms with Gasteiger partial charge in [-0.15, -0.1) is 0 Å². The lowest BCUT2D eigenvalue weighted by Crippen LogP contribution is -2.36. The van der Waals surface area contributed by atoms with Crippen molar-refractivity contribution in [2.45, 2.75) is 19.6 Å². The number of ether oxygens (including phenoxy) is 2. The molecule has 1 aromatic heterocycles. The van der Waals surface area contributed by atoms with Gasteiger partial charge in [-0.3, -0.25) is 4.79 Å². The van der Waals surface area contributed by atoms with Crippen LogP contribution >= 0.6 is 0 Å². The number of carbonyl (C=O) groups excluding carboxylic acids is 1. The summed E-state index contributed by atoms with van der Waals surface area (Å²) in [4.78, 5) is 16.8. The standard InChI is InChI=1S/C23H21N3O4/c1-15(29-20-9-5-7-16-6-3-4-8-19(16)20)23(27)24-14-21-25-22(26-30-21)17-10-12-18(28-2)13-11-17/h3-13,15H,14H2,1-2H3,(H,24,27)/t15-/m0/s1. The summed E-state index contributed by atoms with van der Waals surface area (Å²) in [6, 6.07) is 21.0. The third-order valence-corrected chi connectivity index (χ3v) is 4.65. The van der Waals surface area contributed by atoms with E-state index in [9.17, 15) is 4.79 Å². The van der Waals surface area contributed by atoms with Gasteiger partial charge in [-0.05, 0) is 42.6 Å². The Morgan fingerprint density at radius 2 is 1.83 bits per heavy atom. The maximum absolute atomic E-state index is 12.5. The highest BCUT2D eigenvalue weighted by atomic mass is 16.5. The summed E-state index contributed by atoms with van der Waals surface area (Å²) in [5.41, 5.74) is 0.796. The second-order valence-electron chi connectivity index (χ2n) is 6.70. The minimum atomic E-state index is -0.681. The molecule has 0 aliphatic heterocycles. The van der Waals surface area contributed by atoms with E-state index < -0.39 is 6.10 Å². The molecule has 1 heterocycles. The van der Waals surface area contributed by atoms with Crippen LogP contribution in [0.25, 0.3) is 22.2 Å². The number of rotatable bonds is 7. The van der Waals surface area contributed by atoms with Crippen LogP contribution < -0.4 is 14.8 Å². The third kappa shape index (κ3) is 4.25. The van der Waals surface area contributed by atoms with Crippen molar-refractivity contribution < 1.29 is 18.8 Å². The van der Waals surface area contributed by atoms with Gasteiger partial charge in [0.25, 0.3) is 5.91 Å². The van der Waals surface area contributed by atoms with Crippen molar-refractivity contribution >= 4 is 16.7 Å². The smallest absolute Gasteiger partial charge is 0.261 e. The second kappa shape index (κ2) is 8.65. The number of methoxy groups -OCH3 is 1. The maximum atomic E-state index is 12.5. The van der Waals surface area contributed by atoms with Crippen LogP contribution in [0, 0.1) is 0 Å². The SMILES string of the molecule is COc1ccc(-c2noc(CNC(=O)[C@H](C)Oc3cccc4ccccc34)n2)cc1. The van der Waals surface area contributed by atoms with Crippen molar-refractivity contribution in [2.24, 2.45) is 0 Å². The summed E-state index contributed by atoms with van der Waals surface area (Å²) >= 11 is 0. The van der Waals surface area contributed by atoms with Crippen LogP contribution in [0.5, 0.6) is 11.5 Å². The minimum absolute atomic E-state index is 0.116. The quantitative estimate of drug-likeness (QED) is 0.502. The zero-order valence-corrected chi connectivity index (χ0v) is 16.7. The molecule has 0 saturated heterocycles. The van der Waals surface area contributed by atoms with Gasteiger partial charge in [0.2, 0.25) is 11.7 Å². The first-order valence-corrected chi connectivity index (χ1v) is 9.53. The van der Waals surface area contributed by atoms with Crippen LogP contribution in [-0.4, -0.2) is 29.3 Å². The van der Waals surface area contributed by atoms with Crippen LogP contribution in [-0.2, 0) is 11.3 Å². The molecule has 0 bridgehead atoms. The molecule has 1 N–H and O–H groups in total. The highest BCUT2D eigenvalue weighted by molar-refractivity contribution is 5.89. The predicted octanol–water partition coefficient (Wildman–Crippen LogP) is 3.98. The zero-order chi connectivity index (χ0) is 20.9. The molecule has 4 rings (SSSR count). The van der Waals surface area contributed by atoms with E-state index in [1.165, 1.54) is 0 Å². The van der Waals surface area contributed by atoms with Crippen molar-refractivity contribution in [3.8, 4) is 22.9 Å². The molecular weight excluding hydrogens is 382 g/mol. The fraction of sp³-hybridized carbons (Fsp3) is 0.174. The first-order valence-electron chi connectivity index (χ1n) is 9.53. The Morgan fingerprint density at radius 1 is 1.07 bits per heavy atom. The van der Waals surface area contributed by atoms with E-state index in [4.69, 9.17) is 14.0 Å². The third-order valence-electron chi connectivity index (χ3n) is 4.65. The first-order chi connectivity index (χ1) is 14.6. The molecule has 0 radical (unpaired) electrons. The molecular formula is C23H21N3O4. The Morgan fingerprint density at radius 3 is 2.63 bits per heavy atom. The lowest BCUT2D eigenvalue weighted by Gasteiger charge is -2.15. The molecule has 0 unspecified atom stereocenters. The molecule has 7 heteroatoms. The Bertz CT molecular complexity index is 1150. The molecule has 0 fully saturated rings. The van der Waals surface area contributed by atoms with Gasteiger partial charge in [-0.25, -0.2) is 0 Å². The van der Waals surface area contributed by atoms with E-state index in [1.807, 2.05) is 66.7 Å². The number of carbonyl (C=O) groups is 1. The van der Waals surface area contributed by atoms with Crippen LogP contribution in [0.1, 0.15) is 12.8 Å². The lowest BCUT2D eigenvalue weighted by molar-refractivity contribution is -0.127. The summed E-state index contributed by atoms with van der Waals surface area (Å²) in [6.45, 7) is 1.82. The number of hydrogen-bond donors (Lipinski definition) is 1. The Hall–Kier alpha value is -3.87. The van der Waals surface area contributed by atoms with E-state index >= 15 is 0 Å². The number of aromatic nitrogens is 2. The number of fused-ring (bicyclic) bond motifs is 1. The first kappa shape index (κ1) is 19.4. The number of benzene rings is 3. The Balaban J connectivity index is 1.36. The topological polar surface area (TPSA) is 86.5 Å². The molecule has 4 aromatic rings. The van der Waals surface area contributed by atoms with Crippen LogP contribution in [0.4, 0.5) is 0 Å². The van der Waals surface area contributed by atoms with Gasteiger partial charge in [0.15, 0.2) is 6.10 Å². The van der Waals surface area contributed by atoms with E-state index in [1.54, 1.807) is 14.0 Å². The lowest BCUT2D eigenvalue weighted by atomic mass is 10.1. The second-order valence-corrected chi connectivity index (χ2v) is 6.70. The van der Waals surface area contributed by atoms with Crippen LogP contribution in [0.3, 0.4) is 0 Å². The highest BCUT2D eigenvalue weighted by Gasteiger charge is 2.17. The summed E-state index contributed by atoms with van der Waals surface area (Å²) in [6.07, 6.45) is -0.681. The molecule has 3 aromatic carbocycles. The average Bonchev–Trinajstić information content (AvgIpc) is 3.27. The van der Waals surface area contributed by atoms with Gasteiger partial charge in [0.05, 0.1) is 13.7 Å². The molecule has 0 aliphatic carbocycles. The number of nitrogens with zero attached hydrogens (tertiary/aromatic N) is 2. The minimum Gasteiger partial charge on any atom is -0.497 e. The van der Waals surface area contributed by atoms with Gasteiger partial charge < -0.3 is 19.3 Å². The van der Waals surface area contributed by atoms with E-state index in [-0.39, 0.29) is 12.5 Å². The molecule has 0 saturated carbocycles. The van der Waals surface area contributed by atoms with E-state index in [0.717, 1.165) is 22.1 Å². The summed E-state index contributed by atoms with van der Waals surface area (Å²) in [7, 11) is 1.61. The maximum Gasteiger partial charge on any atom is 0.261 e. The predicted molar refractivity (Wildman–Crippen MR) is 112 cm³/mol. The molecule has 1 atom stereocenters. The molecule has 0 spiro atoms. The molecule has 152 valence electrons. The fourth-order valence-electron chi connectivity index (χ4n) is 3.03. The highest BCUT2D eigenvalue weighted by Crippen LogP contribution is 2.26. The average molecular weight is 403 g/mol. The zero-order valence-electron chi connectivity index (χ0n) is 16.7. The van der Waals surface area contributed by atoms with Crippen molar-refractivity contribution in [1.29, 1.82) is 0 Å². The molecule has 30 heavy (non-hydrogen) atoms. The molecule has 7 nitrogen and oxygen atoms in total. The molecule has 1 amide bonds. The van der Waals surface area contributed by atoms with Crippen molar-refractivity contribution in [1.82, 2.24) is 15.5 Å². The number of hydrogen-bond acceptors (Lipinski definition) is 6.